The van der Waals surface area contributed by atoms with Crippen molar-refractivity contribution in [1.82, 2.24) is 0 Å². The van der Waals surface area contributed by atoms with Crippen molar-refractivity contribution in [3.8, 4) is 0 Å². The third-order valence-electron chi connectivity index (χ3n) is 2.97. The van der Waals surface area contributed by atoms with Crippen LogP contribution in [0.2, 0.25) is 0 Å². The predicted octanol–water partition coefficient (Wildman–Crippen LogP) is -0.0488. The van der Waals surface area contributed by atoms with Gasteiger partial charge in [0.25, 0.3) is 0 Å². The smallest absolute Gasteiger partial charge is 0.187 e. The summed E-state index contributed by atoms with van der Waals surface area (Å²) in [5, 5.41) is 9.33. The van der Waals surface area contributed by atoms with E-state index in [-0.39, 0.29) is 12.7 Å². The summed E-state index contributed by atoms with van der Waals surface area (Å²) in [7, 11) is 4.66. The molecule has 106 valence electrons. The van der Waals surface area contributed by atoms with Gasteiger partial charge < -0.3 is 28.8 Å². The van der Waals surface area contributed by atoms with Crippen molar-refractivity contribution >= 4 is 0 Å². The standard InChI is InChI=1S/C12H22O6/c1-5-6-17-12-11(16-4)10(15-3)9(14-2)8(7-13)18-12/h5,8-13H,1,6-7H2,2-4H3/t8?,9-,10?,11?,12?/m0/s1. The van der Waals surface area contributed by atoms with Gasteiger partial charge in [0, 0.05) is 21.3 Å². The summed E-state index contributed by atoms with van der Waals surface area (Å²) in [6, 6.07) is 0. The summed E-state index contributed by atoms with van der Waals surface area (Å²) in [5.74, 6) is 0. The van der Waals surface area contributed by atoms with Gasteiger partial charge in [0.1, 0.15) is 24.4 Å². The molecule has 1 aliphatic rings. The number of ether oxygens (including phenoxy) is 5. The van der Waals surface area contributed by atoms with Crippen molar-refractivity contribution in [2.75, 3.05) is 34.5 Å². The van der Waals surface area contributed by atoms with Crippen molar-refractivity contribution in [2.45, 2.75) is 30.7 Å². The highest BCUT2D eigenvalue weighted by Crippen LogP contribution is 2.27. The highest BCUT2D eigenvalue weighted by Gasteiger charge is 2.47. The second-order valence-electron chi connectivity index (χ2n) is 3.95. The number of aliphatic hydroxyl groups is 1. The van der Waals surface area contributed by atoms with E-state index in [9.17, 15) is 5.11 Å². The van der Waals surface area contributed by atoms with Crippen LogP contribution in [0, 0.1) is 0 Å². The van der Waals surface area contributed by atoms with E-state index in [0.717, 1.165) is 0 Å². The van der Waals surface area contributed by atoms with Crippen LogP contribution in [0.1, 0.15) is 0 Å². The summed E-state index contributed by atoms with van der Waals surface area (Å²) in [6.45, 7) is 3.73. The van der Waals surface area contributed by atoms with Gasteiger partial charge in [0.2, 0.25) is 0 Å². The van der Waals surface area contributed by atoms with Crippen molar-refractivity contribution < 1.29 is 28.8 Å². The molecule has 6 heteroatoms. The normalized spacial score (nSPS) is 36.6. The Hall–Kier alpha value is -0.500. The fraction of sp³-hybridized carbons (Fsp3) is 0.833. The first-order valence-electron chi connectivity index (χ1n) is 5.80. The molecule has 18 heavy (non-hydrogen) atoms. The molecule has 0 aromatic heterocycles. The van der Waals surface area contributed by atoms with Crippen LogP contribution >= 0.6 is 0 Å². The molecule has 1 rings (SSSR count). The largest absolute Gasteiger partial charge is 0.394 e. The fourth-order valence-corrected chi connectivity index (χ4v) is 2.12. The summed E-state index contributed by atoms with van der Waals surface area (Å²) >= 11 is 0. The Labute approximate surface area is 107 Å². The van der Waals surface area contributed by atoms with Gasteiger partial charge in [-0.15, -0.1) is 6.58 Å². The number of aliphatic hydroxyl groups excluding tert-OH is 1. The predicted molar refractivity (Wildman–Crippen MR) is 64.3 cm³/mol. The first kappa shape index (κ1) is 15.6. The first-order valence-corrected chi connectivity index (χ1v) is 5.80. The molecule has 0 bridgehead atoms. The number of methoxy groups -OCH3 is 3. The number of rotatable bonds is 7. The quantitative estimate of drug-likeness (QED) is 0.649. The minimum absolute atomic E-state index is 0.178. The Morgan fingerprint density at radius 3 is 2.17 bits per heavy atom. The van der Waals surface area contributed by atoms with Crippen molar-refractivity contribution in [3.05, 3.63) is 12.7 Å². The van der Waals surface area contributed by atoms with Gasteiger partial charge >= 0.3 is 0 Å². The third-order valence-corrected chi connectivity index (χ3v) is 2.97. The molecular weight excluding hydrogens is 240 g/mol. The lowest BCUT2D eigenvalue weighted by atomic mass is 9.98. The van der Waals surface area contributed by atoms with Crippen molar-refractivity contribution in [2.24, 2.45) is 0 Å². The summed E-state index contributed by atoms with van der Waals surface area (Å²) < 4.78 is 27.2. The zero-order chi connectivity index (χ0) is 13.5. The molecule has 0 aromatic rings. The molecule has 0 aromatic carbocycles. The molecule has 1 N–H and O–H groups in total. The van der Waals surface area contributed by atoms with E-state index in [1.807, 2.05) is 0 Å². The van der Waals surface area contributed by atoms with Gasteiger partial charge in [-0.3, -0.25) is 0 Å². The van der Waals surface area contributed by atoms with E-state index in [1.165, 1.54) is 0 Å². The molecular formula is C12H22O6. The van der Waals surface area contributed by atoms with Gasteiger partial charge in [-0.25, -0.2) is 0 Å². The minimum atomic E-state index is -0.624. The molecule has 0 radical (unpaired) electrons. The first-order chi connectivity index (χ1) is 8.73. The number of hydrogen-bond donors (Lipinski definition) is 1. The zero-order valence-corrected chi connectivity index (χ0v) is 11.1. The van der Waals surface area contributed by atoms with E-state index < -0.39 is 24.6 Å². The Morgan fingerprint density at radius 2 is 1.72 bits per heavy atom. The zero-order valence-electron chi connectivity index (χ0n) is 11.1. The summed E-state index contributed by atoms with van der Waals surface area (Å²) in [5.41, 5.74) is 0. The van der Waals surface area contributed by atoms with E-state index in [0.29, 0.717) is 6.61 Å². The third kappa shape index (κ3) is 3.28. The molecule has 0 amide bonds. The van der Waals surface area contributed by atoms with E-state index in [1.54, 1.807) is 27.4 Å². The van der Waals surface area contributed by atoms with E-state index in [2.05, 4.69) is 6.58 Å². The van der Waals surface area contributed by atoms with E-state index in [4.69, 9.17) is 23.7 Å². The van der Waals surface area contributed by atoms with Gasteiger partial charge in [-0.2, -0.15) is 0 Å². The van der Waals surface area contributed by atoms with Crippen molar-refractivity contribution in [3.63, 3.8) is 0 Å². The Balaban J connectivity index is 2.83. The maximum absolute atomic E-state index is 9.33. The van der Waals surface area contributed by atoms with Crippen LogP contribution in [0.15, 0.2) is 12.7 Å². The molecule has 0 saturated carbocycles. The fourth-order valence-electron chi connectivity index (χ4n) is 2.12. The summed E-state index contributed by atoms with van der Waals surface area (Å²) in [4.78, 5) is 0. The van der Waals surface area contributed by atoms with Gasteiger partial charge in [0.15, 0.2) is 6.29 Å². The van der Waals surface area contributed by atoms with Crippen LogP contribution in [0.4, 0.5) is 0 Å². The highest BCUT2D eigenvalue weighted by molar-refractivity contribution is 4.92. The maximum Gasteiger partial charge on any atom is 0.187 e. The monoisotopic (exact) mass is 262 g/mol. The second-order valence-corrected chi connectivity index (χ2v) is 3.95. The maximum atomic E-state index is 9.33. The Bertz CT molecular complexity index is 247. The number of hydrogen-bond acceptors (Lipinski definition) is 6. The van der Waals surface area contributed by atoms with Crippen LogP contribution in [0.5, 0.6) is 0 Å². The summed E-state index contributed by atoms with van der Waals surface area (Å²) in [6.07, 6.45) is -0.728. The molecule has 1 saturated heterocycles. The molecule has 0 aliphatic carbocycles. The molecule has 1 fully saturated rings. The average Bonchev–Trinajstić information content (AvgIpc) is 2.42. The van der Waals surface area contributed by atoms with E-state index >= 15 is 0 Å². The topological polar surface area (TPSA) is 66.4 Å². The highest BCUT2D eigenvalue weighted by atomic mass is 16.7. The second kappa shape index (κ2) is 7.83. The molecule has 1 aliphatic heterocycles. The van der Waals surface area contributed by atoms with Gasteiger partial charge in [-0.05, 0) is 0 Å². The lowest BCUT2D eigenvalue weighted by molar-refractivity contribution is -0.310. The lowest BCUT2D eigenvalue weighted by Crippen LogP contribution is -2.61. The lowest BCUT2D eigenvalue weighted by Gasteiger charge is -2.44. The van der Waals surface area contributed by atoms with Crippen LogP contribution in [0.3, 0.4) is 0 Å². The van der Waals surface area contributed by atoms with Crippen LogP contribution in [-0.2, 0) is 23.7 Å². The van der Waals surface area contributed by atoms with Crippen LogP contribution < -0.4 is 0 Å². The Kier molecular flexibility index (Phi) is 6.77. The molecule has 1 heterocycles. The van der Waals surface area contributed by atoms with Gasteiger partial charge in [-0.1, -0.05) is 6.08 Å². The average molecular weight is 262 g/mol. The minimum Gasteiger partial charge on any atom is -0.394 e. The Morgan fingerprint density at radius 1 is 1.11 bits per heavy atom. The van der Waals surface area contributed by atoms with Crippen molar-refractivity contribution in [1.29, 1.82) is 0 Å². The van der Waals surface area contributed by atoms with Gasteiger partial charge in [0.05, 0.1) is 13.2 Å². The van der Waals surface area contributed by atoms with Crippen LogP contribution in [-0.4, -0.2) is 70.4 Å². The SMILES string of the molecule is C=CCOC1OC(CO)[C@H](OC)C(OC)C1OC. The molecule has 5 atom stereocenters. The molecule has 4 unspecified atom stereocenters. The van der Waals surface area contributed by atoms with Crippen LogP contribution in [0.25, 0.3) is 0 Å². The molecule has 0 spiro atoms. The molecule has 6 nitrogen and oxygen atoms in total.